The van der Waals surface area contributed by atoms with E-state index in [2.05, 4.69) is 25.8 Å². The maximum atomic E-state index is 13.8. The molecule has 1 saturated carbocycles. The van der Waals surface area contributed by atoms with Crippen molar-refractivity contribution >= 4 is 63.7 Å². The summed E-state index contributed by atoms with van der Waals surface area (Å²) in [5, 5.41) is 17.7. The van der Waals surface area contributed by atoms with Crippen LogP contribution in [-0.4, -0.2) is 95.0 Å². The highest BCUT2D eigenvalue weighted by Gasteiger charge is 2.52. The number of nitriles is 1. The first-order valence-corrected chi connectivity index (χ1v) is 20.0. The number of rotatable bonds is 12. The highest BCUT2D eigenvalue weighted by atomic mass is 32.1. The molecule has 4 aliphatic rings. The maximum absolute atomic E-state index is 13.8. The van der Waals surface area contributed by atoms with Gasteiger partial charge in [0.25, 0.3) is 5.91 Å². The van der Waals surface area contributed by atoms with Crippen LogP contribution in [0.25, 0.3) is 0 Å². The third-order valence-electron chi connectivity index (χ3n) is 11.5. The van der Waals surface area contributed by atoms with E-state index in [4.69, 9.17) is 17.0 Å². The molecule has 1 unspecified atom stereocenters. The molecule has 59 heavy (non-hydrogen) atoms. The second-order valence-corrected chi connectivity index (χ2v) is 16.2. The molecular formula is C42H45F3N8O5S. The van der Waals surface area contributed by atoms with Crippen molar-refractivity contribution < 1.29 is 37.1 Å². The number of hydrogen-bond donors (Lipinski definition) is 3. The van der Waals surface area contributed by atoms with E-state index < -0.39 is 34.8 Å². The molecule has 13 nitrogen and oxygen atoms in total. The number of nitrogens with one attached hydrogen (secondary N) is 3. The third kappa shape index (κ3) is 8.61. The molecule has 310 valence electrons. The van der Waals surface area contributed by atoms with E-state index in [9.17, 15) is 37.6 Å². The van der Waals surface area contributed by atoms with Crippen LogP contribution in [-0.2, 0) is 31.8 Å². The molecule has 0 bridgehead atoms. The molecule has 3 aromatic carbocycles. The smallest absolute Gasteiger partial charge is 0.417 e. The van der Waals surface area contributed by atoms with Crippen molar-refractivity contribution in [3.63, 3.8) is 0 Å². The Labute approximate surface area is 345 Å². The van der Waals surface area contributed by atoms with Crippen molar-refractivity contribution in [2.75, 3.05) is 59.8 Å². The predicted octanol–water partition coefficient (Wildman–Crippen LogP) is 5.44. The van der Waals surface area contributed by atoms with E-state index in [1.807, 2.05) is 25.1 Å². The Morgan fingerprint density at radius 3 is 2.47 bits per heavy atom. The Morgan fingerprint density at radius 1 is 1.03 bits per heavy atom. The van der Waals surface area contributed by atoms with Gasteiger partial charge < -0.3 is 20.3 Å². The average Bonchev–Trinajstić information content (AvgIpc) is 3.93. The van der Waals surface area contributed by atoms with E-state index in [-0.39, 0.29) is 47.0 Å². The van der Waals surface area contributed by atoms with Crippen LogP contribution in [0.15, 0.2) is 60.7 Å². The highest BCUT2D eigenvalue weighted by Crippen LogP contribution is 2.44. The van der Waals surface area contributed by atoms with Crippen LogP contribution >= 0.6 is 12.2 Å². The van der Waals surface area contributed by atoms with Crippen molar-refractivity contribution in [1.82, 2.24) is 15.1 Å². The summed E-state index contributed by atoms with van der Waals surface area (Å²) < 4.78 is 47.7. The van der Waals surface area contributed by atoms with Crippen molar-refractivity contribution in [2.24, 2.45) is 0 Å². The minimum absolute atomic E-state index is 0.0210. The standard InChI is InChI=1S/C42H45F3N8O5S/c1-4-26-20-31(53-39(59)52(38(57)40(53,2)3)30-9-8-27(23-46)32(22-30)42(43,44)45)10-12-34(26)58-19-18-50-16-17-51(41(25-50)14-15-41)24-36(55)48-29-7-5-6-28(21-29)47-33-11-13-35(54)49-37(33)56/h5-10,12,20-22,33,47H,4,11,13-19,24-25H2,1-3H3,(H,48,55)(H,49,54,56). The summed E-state index contributed by atoms with van der Waals surface area (Å²) in [5.74, 6) is -0.590. The molecule has 1 atom stereocenters. The fourth-order valence-electron chi connectivity index (χ4n) is 8.11. The lowest BCUT2D eigenvalue weighted by Gasteiger charge is -2.41. The minimum atomic E-state index is -4.80. The first-order valence-electron chi connectivity index (χ1n) is 19.6. The summed E-state index contributed by atoms with van der Waals surface area (Å²) >= 11 is 5.73. The molecule has 3 aromatic rings. The molecule has 4 fully saturated rings. The van der Waals surface area contributed by atoms with E-state index in [0.717, 1.165) is 55.1 Å². The van der Waals surface area contributed by atoms with Gasteiger partial charge in [0.1, 0.15) is 23.9 Å². The molecule has 3 aliphatic heterocycles. The van der Waals surface area contributed by atoms with Gasteiger partial charge in [-0.25, -0.2) is 0 Å². The van der Waals surface area contributed by atoms with Gasteiger partial charge in [0.05, 0.1) is 29.4 Å². The van der Waals surface area contributed by atoms with Crippen LogP contribution in [0.1, 0.15) is 63.1 Å². The Hall–Kier alpha value is -5.57. The number of thiocarbonyl (C=S) groups is 1. The van der Waals surface area contributed by atoms with Gasteiger partial charge in [-0.15, -0.1) is 0 Å². The zero-order valence-electron chi connectivity index (χ0n) is 32.9. The fourth-order valence-corrected chi connectivity index (χ4v) is 8.63. The van der Waals surface area contributed by atoms with Gasteiger partial charge in [-0.3, -0.25) is 39.2 Å². The number of nitrogens with zero attached hydrogens (tertiary/aromatic N) is 5. The van der Waals surface area contributed by atoms with Gasteiger partial charge >= 0.3 is 6.18 Å². The average molecular weight is 831 g/mol. The number of aryl methyl sites for hydroxylation is 1. The van der Waals surface area contributed by atoms with Crippen molar-refractivity contribution in [3.8, 4) is 11.8 Å². The monoisotopic (exact) mass is 830 g/mol. The van der Waals surface area contributed by atoms with Crippen LogP contribution < -0.4 is 30.5 Å². The number of amides is 4. The fraction of sp³-hybridized carbons (Fsp3) is 0.429. The molecular weight excluding hydrogens is 786 g/mol. The van der Waals surface area contributed by atoms with Crippen molar-refractivity contribution in [1.29, 1.82) is 5.26 Å². The number of carbonyl (C=O) groups excluding carboxylic acids is 4. The van der Waals surface area contributed by atoms with Crippen LogP contribution in [0, 0.1) is 11.3 Å². The second kappa shape index (κ2) is 16.2. The zero-order chi connectivity index (χ0) is 42.3. The van der Waals surface area contributed by atoms with Gasteiger partial charge in [-0.05, 0) is 112 Å². The predicted molar refractivity (Wildman–Crippen MR) is 219 cm³/mol. The maximum Gasteiger partial charge on any atom is 0.417 e. The van der Waals surface area contributed by atoms with Gasteiger partial charge in [0.2, 0.25) is 17.7 Å². The van der Waals surface area contributed by atoms with E-state index in [1.165, 1.54) is 6.07 Å². The van der Waals surface area contributed by atoms with E-state index in [0.29, 0.717) is 48.8 Å². The molecule has 7 rings (SSSR count). The molecule has 3 N–H and O–H groups in total. The Balaban J connectivity index is 0.931. The minimum Gasteiger partial charge on any atom is -0.492 e. The van der Waals surface area contributed by atoms with Gasteiger partial charge in [0.15, 0.2) is 5.11 Å². The lowest BCUT2D eigenvalue weighted by Crippen LogP contribution is -2.57. The number of benzene rings is 3. The Morgan fingerprint density at radius 2 is 1.78 bits per heavy atom. The molecule has 0 aromatic heterocycles. The van der Waals surface area contributed by atoms with Crippen molar-refractivity contribution in [2.45, 2.75) is 76.2 Å². The van der Waals surface area contributed by atoms with Crippen LogP contribution in [0.3, 0.4) is 0 Å². The number of hydrogen-bond acceptors (Lipinski definition) is 10. The molecule has 17 heteroatoms. The van der Waals surface area contributed by atoms with E-state index in [1.54, 1.807) is 49.1 Å². The lowest BCUT2D eigenvalue weighted by atomic mass is 10.0. The van der Waals surface area contributed by atoms with Gasteiger partial charge in [-0.1, -0.05) is 13.0 Å². The van der Waals surface area contributed by atoms with Crippen LogP contribution in [0.2, 0.25) is 0 Å². The molecule has 4 amide bonds. The number of ether oxygens (including phenoxy) is 1. The van der Waals surface area contributed by atoms with Gasteiger partial charge in [0, 0.05) is 55.2 Å². The number of piperidine rings is 1. The number of anilines is 4. The number of carbonyl (C=O) groups is 4. The first-order chi connectivity index (χ1) is 28.0. The summed E-state index contributed by atoms with van der Waals surface area (Å²) in [6.45, 7) is 8.95. The largest absolute Gasteiger partial charge is 0.492 e. The molecule has 0 radical (unpaired) electrons. The number of halogens is 3. The molecule has 1 aliphatic carbocycles. The first kappa shape index (κ1) is 41.6. The topological polar surface area (TPSA) is 150 Å². The summed E-state index contributed by atoms with van der Waals surface area (Å²) in [4.78, 5) is 57.9. The highest BCUT2D eigenvalue weighted by molar-refractivity contribution is 7.81. The van der Waals surface area contributed by atoms with Crippen LogP contribution in [0.4, 0.5) is 35.9 Å². The third-order valence-corrected chi connectivity index (χ3v) is 11.8. The lowest BCUT2D eigenvalue weighted by molar-refractivity contribution is -0.138. The summed E-state index contributed by atoms with van der Waals surface area (Å²) in [6, 6.07) is 16.8. The molecule has 1 spiro atoms. The summed E-state index contributed by atoms with van der Waals surface area (Å²) in [7, 11) is 0. The Bertz CT molecular complexity index is 2240. The van der Waals surface area contributed by atoms with Crippen LogP contribution in [0.5, 0.6) is 5.75 Å². The Kier molecular flexibility index (Phi) is 11.4. The zero-order valence-corrected chi connectivity index (χ0v) is 33.8. The number of alkyl halides is 3. The van der Waals surface area contributed by atoms with Gasteiger partial charge in [-0.2, -0.15) is 18.4 Å². The molecule has 3 heterocycles. The van der Waals surface area contributed by atoms with E-state index >= 15 is 0 Å². The summed E-state index contributed by atoms with van der Waals surface area (Å²) in [5.41, 5.74) is -0.298. The second-order valence-electron chi connectivity index (χ2n) is 15.9. The SMILES string of the molecule is CCc1cc(N2C(=S)N(c3ccc(C#N)c(C(F)(F)F)c3)C(=O)C2(C)C)ccc1OCCN1CCN(CC(=O)Nc2cccc(NC3CCC(=O)NC3=O)c2)C2(CC2)C1. The normalized spacial score (nSPS) is 20.4. The number of imide groups is 1. The quantitative estimate of drug-likeness (QED) is 0.158. The van der Waals surface area contributed by atoms with Crippen molar-refractivity contribution in [3.05, 3.63) is 77.4 Å². The summed E-state index contributed by atoms with van der Waals surface area (Å²) in [6.07, 6.45) is -1.53. The molecule has 3 saturated heterocycles. The number of piperazine rings is 1.